The molecule has 2 unspecified atom stereocenters. The molecule has 0 radical (unpaired) electrons. The van der Waals surface area contributed by atoms with Gasteiger partial charge in [-0.3, -0.25) is 0 Å². The summed E-state index contributed by atoms with van der Waals surface area (Å²) in [4.78, 5) is -0.0990. The van der Waals surface area contributed by atoms with E-state index in [1.54, 1.807) is 0 Å². The maximum absolute atomic E-state index is 12.3. The van der Waals surface area contributed by atoms with Crippen LogP contribution in [0.25, 0.3) is 0 Å². The van der Waals surface area contributed by atoms with E-state index in [2.05, 4.69) is 20.7 Å². The number of rotatable bonds is 3. The number of nitrogens with one attached hydrogen (secondary N) is 1. The van der Waals surface area contributed by atoms with E-state index in [4.69, 9.17) is 27.9 Å². The van der Waals surface area contributed by atoms with Crippen LogP contribution in [0, 0.1) is 0 Å². The Kier molecular flexibility index (Phi) is 4.80. The first kappa shape index (κ1) is 15.5. The van der Waals surface area contributed by atoms with Crippen LogP contribution in [0.1, 0.15) is 13.3 Å². The summed E-state index contributed by atoms with van der Waals surface area (Å²) >= 11 is 15.2. The molecular weight excluding hydrogens is 377 g/mol. The molecule has 0 aliphatic carbocycles. The number of halogens is 3. The first-order chi connectivity index (χ1) is 8.81. The smallest absolute Gasteiger partial charge is 0.243 e. The predicted molar refractivity (Wildman–Crippen MR) is 78.3 cm³/mol. The van der Waals surface area contributed by atoms with Crippen molar-refractivity contribution in [2.24, 2.45) is 0 Å². The van der Waals surface area contributed by atoms with Crippen LogP contribution in [0.4, 0.5) is 0 Å². The number of sulfonamides is 1. The zero-order chi connectivity index (χ0) is 14.2. The summed E-state index contributed by atoms with van der Waals surface area (Å²) in [7, 11) is -3.77. The molecule has 0 aromatic heterocycles. The molecule has 19 heavy (non-hydrogen) atoms. The highest BCUT2D eigenvalue weighted by molar-refractivity contribution is 9.10. The molecule has 1 heterocycles. The minimum atomic E-state index is -3.77. The molecule has 106 valence electrons. The van der Waals surface area contributed by atoms with Crippen LogP contribution < -0.4 is 4.72 Å². The topological polar surface area (TPSA) is 55.4 Å². The van der Waals surface area contributed by atoms with Crippen molar-refractivity contribution in [3.8, 4) is 0 Å². The summed E-state index contributed by atoms with van der Waals surface area (Å²) < 4.78 is 33.2. The van der Waals surface area contributed by atoms with Gasteiger partial charge >= 0.3 is 0 Å². The van der Waals surface area contributed by atoms with Crippen molar-refractivity contribution in [1.82, 2.24) is 4.72 Å². The second-order valence-electron chi connectivity index (χ2n) is 4.29. The van der Waals surface area contributed by atoms with Gasteiger partial charge in [-0.25, -0.2) is 13.1 Å². The molecule has 0 amide bonds. The minimum Gasteiger partial charge on any atom is -0.377 e. The van der Waals surface area contributed by atoms with E-state index >= 15 is 0 Å². The molecule has 1 fully saturated rings. The van der Waals surface area contributed by atoms with Gasteiger partial charge in [0.25, 0.3) is 0 Å². The molecule has 0 saturated carbocycles. The van der Waals surface area contributed by atoms with Crippen LogP contribution in [0.5, 0.6) is 0 Å². The Morgan fingerprint density at radius 3 is 2.42 bits per heavy atom. The van der Waals surface area contributed by atoms with Crippen LogP contribution in [-0.4, -0.2) is 27.2 Å². The first-order valence-corrected chi connectivity index (χ1v) is 8.63. The molecule has 1 aliphatic rings. The third kappa shape index (κ3) is 3.43. The Morgan fingerprint density at radius 1 is 1.37 bits per heavy atom. The normalized spacial score (nSPS) is 23.8. The van der Waals surface area contributed by atoms with Crippen molar-refractivity contribution in [1.29, 1.82) is 0 Å². The third-order valence-corrected chi connectivity index (χ3v) is 5.78. The Bertz CT molecular complexity index is 571. The Balaban J connectivity index is 2.34. The van der Waals surface area contributed by atoms with Crippen LogP contribution in [0.2, 0.25) is 10.0 Å². The molecule has 1 aromatic carbocycles. The minimum absolute atomic E-state index is 0.0819. The summed E-state index contributed by atoms with van der Waals surface area (Å²) in [6, 6.07) is 2.73. The van der Waals surface area contributed by atoms with Gasteiger partial charge < -0.3 is 4.74 Å². The van der Waals surface area contributed by atoms with Crippen LogP contribution in [0.3, 0.4) is 0 Å². The monoisotopic (exact) mass is 387 g/mol. The molecular formula is C11H12BrCl2NO3S. The molecule has 0 bridgehead atoms. The van der Waals surface area contributed by atoms with Crippen molar-refractivity contribution < 1.29 is 13.2 Å². The fraction of sp³-hybridized carbons (Fsp3) is 0.455. The zero-order valence-corrected chi connectivity index (χ0v) is 13.9. The lowest BCUT2D eigenvalue weighted by Gasteiger charge is -2.17. The quantitative estimate of drug-likeness (QED) is 0.864. The molecule has 2 atom stereocenters. The number of hydrogen-bond acceptors (Lipinski definition) is 3. The van der Waals surface area contributed by atoms with E-state index in [0.29, 0.717) is 17.5 Å². The van der Waals surface area contributed by atoms with Gasteiger partial charge in [0.15, 0.2) is 0 Å². The lowest BCUT2D eigenvalue weighted by molar-refractivity contribution is 0.117. The summed E-state index contributed by atoms with van der Waals surface area (Å²) in [5.74, 6) is 0. The van der Waals surface area contributed by atoms with Crippen molar-refractivity contribution in [3.63, 3.8) is 0 Å². The maximum Gasteiger partial charge on any atom is 0.243 e. The molecule has 1 N–H and O–H groups in total. The zero-order valence-electron chi connectivity index (χ0n) is 9.99. The largest absolute Gasteiger partial charge is 0.377 e. The van der Waals surface area contributed by atoms with Crippen LogP contribution in [-0.2, 0) is 14.8 Å². The molecule has 0 spiro atoms. The van der Waals surface area contributed by atoms with Gasteiger partial charge in [-0.15, -0.1) is 0 Å². The first-order valence-electron chi connectivity index (χ1n) is 5.60. The Morgan fingerprint density at radius 2 is 1.95 bits per heavy atom. The second-order valence-corrected chi connectivity index (χ2v) is 7.67. The average Bonchev–Trinajstić information content (AvgIpc) is 2.61. The SMILES string of the molecule is CC1OCCC1NS(=O)(=O)c1c(Cl)cc(Br)cc1Cl. The Hall–Kier alpha value is 0.150. The number of benzene rings is 1. The summed E-state index contributed by atoms with van der Waals surface area (Å²) in [5, 5.41) is 0.164. The highest BCUT2D eigenvalue weighted by Crippen LogP contribution is 2.33. The van der Waals surface area contributed by atoms with Gasteiger partial charge in [-0.05, 0) is 25.5 Å². The van der Waals surface area contributed by atoms with Gasteiger partial charge in [-0.1, -0.05) is 39.1 Å². The lowest BCUT2D eigenvalue weighted by Crippen LogP contribution is -2.39. The standard InChI is InChI=1S/C11H12BrCl2NO3S/c1-6-10(2-3-18-6)15-19(16,17)11-8(13)4-7(12)5-9(11)14/h4-6,10,15H,2-3H2,1H3. The summed E-state index contributed by atoms with van der Waals surface area (Å²) in [6.45, 7) is 2.36. The van der Waals surface area contributed by atoms with Crippen LogP contribution >= 0.6 is 39.1 Å². The highest BCUT2D eigenvalue weighted by Gasteiger charge is 2.31. The van der Waals surface area contributed by atoms with Gasteiger partial charge in [-0.2, -0.15) is 0 Å². The van der Waals surface area contributed by atoms with Gasteiger partial charge in [0.1, 0.15) is 4.90 Å². The van der Waals surface area contributed by atoms with E-state index in [1.807, 2.05) is 6.92 Å². The molecule has 2 rings (SSSR count). The van der Waals surface area contributed by atoms with Crippen molar-refractivity contribution >= 4 is 49.2 Å². The molecule has 8 heteroatoms. The fourth-order valence-corrected chi connectivity index (χ4v) is 5.21. The maximum atomic E-state index is 12.3. The van der Waals surface area contributed by atoms with Gasteiger partial charge in [0.05, 0.1) is 22.2 Å². The number of hydrogen-bond donors (Lipinski definition) is 1. The Labute approximate surface area is 130 Å². The molecule has 4 nitrogen and oxygen atoms in total. The van der Waals surface area contributed by atoms with Gasteiger partial charge in [0.2, 0.25) is 10.0 Å². The van der Waals surface area contributed by atoms with Gasteiger partial charge in [0, 0.05) is 11.1 Å². The van der Waals surface area contributed by atoms with Crippen molar-refractivity contribution in [2.75, 3.05) is 6.61 Å². The van der Waals surface area contributed by atoms with E-state index in [0.717, 1.165) is 0 Å². The second kappa shape index (κ2) is 5.87. The summed E-state index contributed by atoms with van der Waals surface area (Å²) in [6.07, 6.45) is 0.467. The van der Waals surface area contributed by atoms with E-state index in [1.165, 1.54) is 12.1 Å². The fourth-order valence-electron chi connectivity index (χ4n) is 1.93. The molecule has 1 aromatic rings. The van der Waals surface area contributed by atoms with E-state index in [-0.39, 0.29) is 27.1 Å². The predicted octanol–water partition coefficient (Wildman–Crippen LogP) is 3.21. The van der Waals surface area contributed by atoms with Crippen molar-refractivity contribution in [2.45, 2.75) is 30.4 Å². The molecule has 1 saturated heterocycles. The lowest BCUT2D eigenvalue weighted by atomic mass is 10.2. The van der Waals surface area contributed by atoms with E-state index in [9.17, 15) is 8.42 Å². The molecule has 1 aliphatic heterocycles. The highest BCUT2D eigenvalue weighted by atomic mass is 79.9. The summed E-state index contributed by atoms with van der Waals surface area (Å²) in [5.41, 5.74) is 0. The third-order valence-electron chi connectivity index (χ3n) is 2.91. The van der Waals surface area contributed by atoms with Crippen molar-refractivity contribution in [3.05, 3.63) is 26.7 Å². The van der Waals surface area contributed by atoms with E-state index < -0.39 is 10.0 Å². The average molecular weight is 389 g/mol. The van der Waals surface area contributed by atoms with Crippen LogP contribution in [0.15, 0.2) is 21.5 Å². The number of ether oxygens (including phenoxy) is 1.